The van der Waals surface area contributed by atoms with Crippen molar-refractivity contribution in [3.8, 4) is 5.75 Å². The number of anilines is 1. The Hall–Kier alpha value is -1.27. The largest absolute Gasteiger partial charge is 0.496 e. The molecule has 0 N–H and O–H groups in total. The molecule has 1 aromatic carbocycles. The van der Waals surface area contributed by atoms with Gasteiger partial charge in [-0.15, -0.1) is 0 Å². The monoisotopic (exact) mass is 353 g/mol. The molecule has 1 fully saturated rings. The van der Waals surface area contributed by atoms with Crippen LogP contribution in [0.3, 0.4) is 0 Å². The third-order valence-electron chi connectivity index (χ3n) is 4.87. The second-order valence-electron chi connectivity index (χ2n) is 6.60. The van der Waals surface area contributed by atoms with Crippen molar-refractivity contribution >= 4 is 15.7 Å². The third kappa shape index (κ3) is 3.70. The molecule has 1 saturated carbocycles. The number of rotatable bonds is 7. The normalized spacial score (nSPS) is 19.5. The van der Waals surface area contributed by atoms with Crippen LogP contribution in [0, 0.1) is 5.92 Å². The number of fused-ring (bicyclic) bond motifs is 1. The molecule has 0 spiro atoms. The van der Waals surface area contributed by atoms with Gasteiger partial charge in [-0.3, -0.25) is 4.31 Å². The molecule has 0 amide bonds. The molecule has 1 atom stereocenters. The highest BCUT2D eigenvalue weighted by molar-refractivity contribution is 7.92. The van der Waals surface area contributed by atoms with Crippen molar-refractivity contribution in [3.05, 3.63) is 23.8 Å². The minimum atomic E-state index is -3.42. The van der Waals surface area contributed by atoms with Crippen LogP contribution >= 0.6 is 0 Å². The fourth-order valence-corrected chi connectivity index (χ4v) is 5.34. The van der Waals surface area contributed by atoms with Crippen LogP contribution in [0.2, 0.25) is 0 Å². The Morgan fingerprint density at radius 3 is 2.75 bits per heavy atom. The summed E-state index contributed by atoms with van der Waals surface area (Å²) in [4.78, 5) is 0. The van der Waals surface area contributed by atoms with Crippen molar-refractivity contribution in [1.82, 2.24) is 0 Å². The smallest absolute Gasteiger partial charge is 0.237 e. The van der Waals surface area contributed by atoms with Crippen molar-refractivity contribution in [2.75, 3.05) is 30.3 Å². The molecule has 24 heavy (non-hydrogen) atoms. The molecular weight excluding hydrogens is 326 g/mol. The van der Waals surface area contributed by atoms with Crippen LogP contribution in [-0.4, -0.2) is 40.5 Å². The topological polar surface area (TPSA) is 55.8 Å². The van der Waals surface area contributed by atoms with Crippen LogP contribution in [-0.2, 0) is 21.2 Å². The number of hydrogen-bond acceptors (Lipinski definition) is 4. The van der Waals surface area contributed by atoms with Gasteiger partial charge in [0.05, 0.1) is 24.7 Å². The lowest BCUT2D eigenvalue weighted by Crippen LogP contribution is -2.39. The number of ether oxygens (including phenoxy) is 2. The molecule has 6 heteroatoms. The summed E-state index contributed by atoms with van der Waals surface area (Å²) in [6, 6.07) is 5.67. The average Bonchev–Trinajstić information content (AvgIpc) is 3.39. The molecule has 1 unspecified atom stereocenters. The Labute approximate surface area is 145 Å². The van der Waals surface area contributed by atoms with Gasteiger partial charge in [-0.2, -0.15) is 0 Å². The summed E-state index contributed by atoms with van der Waals surface area (Å²) in [6.45, 7) is 3.02. The standard InChI is InChI=1S/C18H27NO4S/c1-3-23-18(14-10-11-14)13-24(20,21)19-12-5-4-7-15-16(19)8-6-9-17(15)22-2/h6,8-9,14,18H,3-5,7,10-13H2,1-2H3. The highest BCUT2D eigenvalue weighted by Crippen LogP contribution is 2.38. The van der Waals surface area contributed by atoms with E-state index < -0.39 is 10.0 Å². The molecule has 1 heterocycles. The summed E-state index contributed by atoms with van der Waals surface area (Å²) in [7, 11) is -1.78. The van der Waals surface area contributed by atoms with Gasteiger partial charge in [0.2, 0.25) is 10.0 Å². The molecule has 1 aromatic rings. The van der Waals surface area contributed by atoms with Crippen LogP contribution in [0.5, 0.6) is 5.75 Å². The summed E-state index contributed by atoms with van der Waals surface area (Å²) >= 11 is 0. The molecule has 2 aliphatic rings. The van der Waals surface area contributed by atoms with Crippen molar-refractivity contribution < 1.29 is 17.9 Å². The van der Waals surface area contributed by atoms with Crippen molar-refractivity contribution in [3.63, 3.8) is 0 Å². The molecule has 134 valence electrons. The third-order valence-corrected chi connectivity index (χ3v) is 6.67. The predicted octanol–water partition coefficient (Wildman–Crippen LogP) is 2.98. The second kappa shape index (κ2) is 7.31. The Bertz CT molecular complexity index is 670. The second-order valence-corrected chi connectivity index (χ2v) is 8.53. The van der Waals surface area contributed by atoms with Crippen LogP contribution < -0.4 is 9.04 Å². The SMILES string of the molecule is CCOC(CS(=O)(=O)N1CCCCc2c(OC)cccc21)C1CC1. The molecule has 0 aromatic heterocycles. The van der Waals surface area contributed by atoms with E-state index in [-0.39, 0.29) is 11.9 Å². The number of hydrogen-bond donors (Lipinski definition) is 0. The summed E-state index contributed by atoms with van der Waals surface area (Å²) in [5, 5.41) is 0. The van der Waals surface area contributed by atoms with E-state index in [1.165, 1.54) is 0 Å². The zero-order chi connectivity index (χ0) is 17.2. The van der Waals surface area contributed by atoms with Crippen molar-refractivity contribution in [2.45, 2.75) is 45.1 Å². The van der Waals surface area contributed by atoms with Gasteiger partial charge in [0, 0.05) is 18.7 Å². The maximum Gasteiger partial charge on any atom is 0.237 e. The van der Waals surface area contributed by atoms with E-state index in [1.54, 1.807) is 11.4 Å². The predicted molar refractivity (Wildman–Crippen MR) is 95.2 cm³/mol. The van der Waals surface area contributed by atoms with Gasteiger partial charge < -0.3 is 9.47 Å². The number of benzene rings is 1. The summed E-state index contributed by atoms with van der Waals surface area (Å²) in [6.07, 6.45) is 4.65. The molecule has 1 aliphatic heterocycles. The van der Waals surface area contributed by atoms with E-state index in [1.807, 2.05) is 25.1 Å². The number of sulfonamides is 1. The molecule has 1 aliphatic carbocycles. The quantitative estimate of drug-likeness (QED) is 0.756. The summed E-state index contributed by atoms with van der Waals surface area (Å²) in [5.74, 6) is 1.25. The molecule has 0 radical (unpaired) electrons. The van der Waals surface area contributed by atoms with E-state index in [9.17, 15) is 8.42 Å². The van der Waals surface area contributed by atoms with Gasteiger partial charge >= 0.3 is 0 Å². The van der Waals surface area contributed by atoms with Crippen LogP contribution in [0.15, 0.2) is 18.2 Å². The fourth-order valence-electron chi connectivity index (χ4n) is 3.50. The van der Waals surface area contributed by atoms with Gasteiger partial charge in [-0.05, 0) is 57.1 Å². The Kier molecular flexibility index (Phi) is 5.35. The Morgan fingerprint density at radius 2 is 2.08 bits per heavy atom. The molecule has 5 nitrogen and oxygen atoms in total. The Morgan fingerprint density at radius 1 is 1.29 bits per heavy atom. The van der Waals surface area contributed by atoms with Crippen LogP contribution in [0.25, 0.3) is 0 Å². The highest BCUT2D eigenvalue weighted by Gasteiger charge is 2.38. The van der Waals surface area contributed by atoms with Gasteiger partial charge in [0.1, 0.15) is 5.75 Å². The summed E-state index contributed by atoms with van der Waals surface area (Å²) < 4.78 is 39.0. The number of methoxy groups -OCH3 is 1. The molecule has 3 rings (SSSR count). The van der Waals surface area contributed by atoms with E-state index in [4.69, 9.17) is 9.47 Å². The first-order valence-electron chi connectivity index (χ1n) is 8.84. The minimum absolute atomic E-state index is 0.0716. The van der Waals surface area contributed by atoms with Gasteiger partial charge in [0.15, 0.2) is 0 Å². The molecule has 0 saturated heterocycles. The maximum atomic E-state index is 13.1. The van der Waals surface area contributed by atoms with E-state index >= 15 is 0 Å². The zero-order valence-electron chi connectivity index (χ0n) is 14.5. The average molecular weight is 353 g/mol. The lowest BCUT2D eigenvalue weighted by atomic mass is 10.1. The van der Waals surface area contributed by atoms with E-state index in [2.05, 4.69) is 0 Å². The van der Waals surface area contributed by atoms with Crippen LogP contribution in [0.4, 0.5) is 5.69 Å². The molecular formula is C18H27NO4S. The van der Waals surface area contributed by atoms with E-state index in [0.29, 0.717) is 19.1 Å². The van der Waals surface area contributed by atoms with Crippen LogP contribution in [0.1, 0.15) is 38.2 Å². The first-order valence-corrected chi connectivity index (χ1v) is 10.5. The lowest BCUT2D eigenvalue weighted by Gasteiger charge is -2.27. The highest BCUT2D eigenvalue weighted by atomic mass is 32.2. The fraction of sp³-hybridized carbons (Fsp3) is 0.667. The Balaban J connectivity index is 1.90. The number of nitrogens with zero attached hydrogens (tertiary/aromatic N) is 1. The van der Waals surface area contributed by atoms with E-state index in [0.717, 1.165) is 49.1 Å². The first-order chi connectivity index (χ1) is 11.6. The maximum absolute atomic E-state index is 13.1. The first kappa shape index (κ1) is 17.5. The van der Waals surface area contributed by atoms with Gasteiger partial charge in [0.25, 0.3) is 0 Å². The lowest BCUT2D eigenvalue weighted by molar-refractivity contribution is 0.0631. The minimum Gasteiger partial charge on any atom is -0.496 e. The zero-order valence-corrected chi connectivity index (χ0v) is 15.3. The van der Waals surface area contributed by atoms with Crippen molar-refractivity contribution in [1.29, 1.82) is 0 Å². The summed E-state index contributed by atoms with van der Waals surface area (Å²) in [5.41, 5.74) is 1.78. The van der Waals surface area contributed by atoms with Gasteiger partial charge in [-0.25, -0.2) is 8.42 Å². The molecule has 0 bridgehead atoms. The van der Waals surface area contributed by atoms with Crippen molar-refractivity contribution in [2.24, 2.45) is 5.92 Å². The van der Waals surface area contributed by atoms with Gasteiger partial charge in [-0.1, -0.05) is 6.07 Å².